The smallest absolute Gasteiger partial charge is 0.298 e. The minimum absolute atomic E-state index is 0.275. The molecule has 2 atom stereocenters. The summed E-state index contributed by atoms with van der Waals surface area (Å²) in [5, 5.41) is 0. The molecule has 122 valence electrons. The average molecular weight is 313 g/mol. The van der Waals surface area contributed by atoms with Gasteiger partial charge >= 0.3 is 0 Å². The SMILES string of the molecule is CCC(=O)N1CCC[C@H]1[C@H]1CCCN1c1nc2ccccc2o1. The van der Waals surface area contributed by atoms with Crippen LogP contribution < -0.4 is 4.90 Å². The van der Waals surface area contributed by atoms with Gasteiger partial charge in [0.05, 0.1) is 12.1 Å². The highest BCUT2D eigenvalue weighted by atomic mass is 16.4. The summed E-state index contributed by atoms with van der Waals surface area (Å²) in [6.45, 7) is 3.81. The fourth-order valence-corrected chi connectivity index (χ4v) is 4.12. The molecule has 5 heteroatoms. The number of rotatable bonds is 3. The molecule has 0 saturated carbocycles. The standard InChI is InChI=1S/C18H23N3O2/c1-2-17(22)20-11-5-8-14(20)15-9-6-12-21(15)18-19-13-7-3-4-10-16(13)23-18/h3-4,7,10,14-15H,2,5-6,8-9,11-12H2,1H3/t14-,15+/m0/s1. The summed E-state index contributed by atoms with van der Waals surface area (Å²) in [5.74, 6) is 0.275. The molecule has 2 aliphatic rings. The number of hydrogen-bond donors (Lipinski definition) is 0. The molecule has 5 nitrogen and oxygen atoms in total. The van der Waals surface area contributed by atoms with Crippen molar-refractivity contribution in [1.82, 2.24) is 9.88 Å². The lowest BCUT2D eigenvalue weighted by atomic mass is 10.0. The van der Waals surface area contributed by atoms with Crippen LogP contribution in [0.2, 0.25) is 0 Å². The van der Waals surface area contributed by atoms with Crippen molar-refractivity contribution < 1.29 is 9.21 Å². The average Bonchev–Trinajstić information content (AvgIpc) is 3.29. The summed E-state index contributed by atoms with van der Waals surface area (Å²) in [4.78, 5) is 21.3. The molecule has 0 N–H and O–H groups in total. The fourth-order valence-electron chi connectivity index (χ4n) is 4.12. The second-order valence-electron chi connectivity index (χ2n) is 6.52. The Balaban J connectivity index is 1.62. The van der Waals surface area contributed by atoms with E-state index in [2.05, 4.69) is 14.8 Å². The number of benzene rings is 1. The van der Waals surface area contributed by atoms with Crippen molar-refractivity contribution in [2.75, 3.05) is 18.0 Å². The van der Waals surface area contributed by atoms with E-state index in [9.17, 15) is 4.79 Å². The maximum Gasteiger partial charge on any atom is 0.298 e. The highest BCUT2D eigenvalue weighted by molar-refractivity contribution is 5.77. The van der Waals surface area contributed by atoms with Crippen molar-refractivity contribution in [3.05, 3.63) is 24.3 Å². The number of aromatic nitrogens is 1. The molecule has 0 bridgehead atoms. The quantitative estimate of drug-likeness (QED) is 0.873. The molecule has 4 rings (SSSR count). The van der Waals surface area contributed by atoms with Crippen LogP contribution >= 0.6 is 0 Å². The Morgan fingerprint density at radius 3 is 2.83 bits per heavy atom. The van der Waals surface area contributed by atoms with Gasteiger partial charge in [0, 0.05) is 19.5 Å². The second kappa shape index (κ2) is 5.87. The molecular formula is C18H23N3O2. The normalized spacial score (nSPS) is 24.7. The van der Waals surface area contributed by atoms with Crippen LogP contribution in [0.15, 0.2) is 28.7 Å². The van der Waals surface area contributed by atoms with Gasteiger partial charge in [0.15, 0.2) is 5.58 Å². The topological polar surface area (TPSA) is 49.6 Å². The van der Waals surface area contributed by atoms with Gasteiger partial charge in [-0.1, -0.05) is 19.1 Å². The van der Waals surface area contributed by atoms with E-state index in [4.69, 9.17) is 4.42 Å². The third kappa shape index (κ3) is 2.48. The summed E-state index contributed by atoms with van der Waals surface area (Å²) in [7, 11) is 0. The highest BCUT2D eigenvalue weighted by Crippen LogP contribution is 2.34. The Morgan fingerprint density at radius 1 is 1.22 bits per heavy atom. The number of carbonyl (C=O) groups is 1. The maximum atomic E-state index is 12.2. The molecule has 0 spiro atoms. The van der Waals surface area contributed by atoms with E-state index >= 15 is 0 Å². The van der Waals surface area contributed by atoms with E-state index in [-0.39, 0.29) is 5.91 Å². The predicted octanol–water partition coefficient (Wildman–Crippen LogP) is 3.20. The Morgan fingerprint density at radius 2 is 2.00 bits per heavy atom. The molecule has 0 aliphatic carbocycles. The molecule has 1 aromatic carbocycles. The number of amides is 1. The summed E-state index contributed by atoms with van der Waals surface area (Å²) in [6.07, 6.45) is 5.03. The second-order valence-corrected chi connectivity index (χ2v) is 6.52. The van der Waals surface area contributed by atoms with Crippen LogP contribution in [-0.4, -0.2) is 41.0 Å². The van der Waals surface area contributed by atoms with Gasteiger partial charge in [-0.2, -0.15) is 4.98 Å². The van der Waals surface area contributed by atoms with Gasteiger partial charge in [0.2, 0.25) is 5.91 Å². The molecule has 2 aliphatic heterocycles. The number of likely N-dealkylation sites (tertiary alicyclic amines) is 1. The summed E-state index contributed by atoms with van der Waals surface area (Å²) in [5.41, 5.74) is 1.74. The van der Waals surface area contributed by atoms with Gasteiger partial charge in [-0.25, -0.2) is 0 Å². The lowest BCUT2D eigenvalue weighted by molar-refractivity contribution is -0.132. The van der Waals surface area contributed by atoms with Crippen LogP contribution in [0.3, 0.4) is 0 Å². The van der Waals surface area contributed by atoms with Gasteiger partial charge in [0.25, 0.3) is 6.01 Å². The first-order valence-electron chi connectivity index (χ1n) is 8.69. The predicted molar refractivity (Wildman–Crippen MR) is 89.4 cm³/mol. The summed E-state index contributed by atoms with van der Waals surface area (Å²) >= 11 is 0. The zero-order chi connectivity index (χ0) is 15.8. The number of fused-ring (bicyclic) bond motifs is 1. The van der Waals surface area contributed by atoms with Gasteiger partial charge in [-0.05, 0) is 37.8 Å². The van der Waals surface area contributed by atoms with E-state index in [0.29, 0.717) is 24.5 Å². The number of anilines is 1. The fraction of sp³-hybridized carbons (Fsp3) is 0.556. The van der Waals surface area contributed by atoms with Crippen molar-refractivity contribution in [1.29, 1.82) is 0 Å². The first kappa shape index (κ1) is 14.5. The molecule has 1 amide bonds. The van der Waals surface area contributed by atoms with Crippen LogP contribution in [0.5, 0.6) is 0 Å². The lowest BCUT2D eigenvalue weighted by Gasteiger charge is -2.34. The summed E-state index contributed by atoms with van der Waals surface area (Å²) in [6, 6.07) is 9.24. The minimum atomic E-state index is 0.275. The van der Waals surface area contributed by atoms with Crippen LogP contribution in [0.25, 0.3) is 11.1 Å². The van der Waals surface area contributed by atoms with Gasteiger partial charge < -0.3 is 14.2 Å². The zero-order valence-corrected chi connectivity index (χ0v) is 13.6. The monoisotopic (exact) mass is 313 g/mol. The Bertz CT molecular complexity index is 678. The molecule has 0 unspecified atom stereocenters. The van der Waals surface area contributed by atoms with Gasteiger partial charge in [0.1, 0.15) is 5.52 Å². The van der Waals surface area contributed by atoms with Crippen LogP contribution in [0.1, 0.15) is 39.0 Å². The number of oxazole rings is 1. The van der Waals surface area contributed by atoms with Crippen molar-refractivity contribution in [2.45, 2.75) is 51.1 Å². The van der Waals surface area contributed by atoms with Crippen molar-refractivity contribution >= 4 is 23.0 Å². The van der Waals surface area contributed by atoms with E-state index in [0.717, 1.165) is 49.9 Å². The van der Waals surface area contributed by atoms with Crippen LogP contribution in [0, 0.1) is 0 Å². The first-order valence-corrected chi connectivity index (χ1v) is 8.69. The summed E-state index contributed by atoms with van der Waals surface area (Å²) < 4.78 is 5.98. The maximum absolute atomic E-state index is 12.2. The minimum Gasteiger partial charge on any atom is -0.423 e. The molecular weight excluding hydrogens is 290 g/mol. The lowest BCUT2D eigenvalue weighted by Crippen LogP contribution is -2.48. The first-order chi connectivity index (χ1) is 11.3. The molecule has 2 aromatic rings. The van der Waals surface area contributed by atoms with E-state index in [1.165, 1.54) is 0 Å². The van der Waals surface area contributed by atoms with Gasteiger partial charge in [-0.3, -0.25) is 4.79 Å². The zero-order valence-electron chi connectivity index (χ0n) is 13.6. The van der Waals surface area contributed by atoms with E-state index in [1.807, 2.05) is 31.2 Å². The third-order valence-electron chi connectivity index (χ3n) is 5.19. The van der Waals surface area contributed by atoms with Crippen LogP contribution in [-0.2, 0) is 4.79 Å². The Kier molecular flexibility index (Phi) is 3.71. The molecule has 23 heavy (non-hydrogen) atoms. The molecule has 2 fully saturated rings. The Hall–Kier alpha value is -2.04. The molecule has 0 radical (unpaired) electrons. The van der Waals surface area contributed by atoms with Crippen molar-refractivity contribution in [2.24, 2.45) is 0 Å². The van der Waals surface area contributed by atoms with E-state index < -0.39 is 0 Å². The number of nitrogens with zero attached hydrogens (tertiary/aromatic N) is 3. The van der Waals surface area contributed by atoms with Crippen molar-refractivity contribution in [3.63, 3.8) is 0 Å². The Labute approximate surface area is 136 Å². The highest BCUT2D eigenvalue weighted by Gasteiger charge is 2.40. The number of hydrogen-bond acceptors (Lipinski definition) is 4. The van der Waals surface area contributed by atoms with Gasteiger partial charge in [-0.15, -0.1) is 0 Å². The largest absolute Gasteiger partial charge is 0.423 e. The van der Waals surface area contributed by atoms with Crippen LogP contribution in [0.4, 0.5) is 6.01 Å². The molecule has 2 saturated heterocycles. The number of carbonyl (C=O) groups excluding carboxylic acids is 1. The molecule has 1 aromatic heterocycles. The van der Waals surface area contributed by atoms with E-state index in [1.54, 1.807) is 0 Å². The molecule has 3 heterocycles. The third-order valence-corrected chi connectivity index (χ3v) is 5.19. The van der Waals surface area contributed by atoms with Crippen molar-refractivity contribution in [3.8, 4) is 0 Å². The number of para-hydroxylation sites is 2.